The van der Waals surface area contributed by atoms with E-state index >= 15 is 4.39 Å². The van der Waals surface area contributed by atoms with E-state index in [0.717, 1.165) is 0 Å². The van der Waals surface area contributed by atoms with Crippen molar-refractivity contribution in [2.45, 2.75) is 61.5 Å². The summed E-state index contributed by atoms with van der Waals surface area (Å²) in [7, 11) is 1.60. The van der Waals surface area contributed by atoms with Crippen molar-refractivity contribution in [1.29, 1.82) is 0 Å². The summed E-state index contributed by atoms with van der Waals surface area (Å²) in [5.74, 6) is -5.26. The lowest BCUT2D eigenvalue weighted by molar-refractivity contribution is -0.315. The molecule has 2 saturated heterocycles. The van der Waals surface area contributed by atoms with Crippen LogP contribution in [-0.2, 0) is 4.74 Å². The molecule has 2 aliphatic rings. The van der Waals surface area contributed by atoms with Gasteiger partial charge in [0.15, 0.2) is 6.30 Å². The third-order valence-electron chi connectivity index (χ3n) is 5.18. The molecule has 0 saturated carbocycles. The maximum atomic E-state index is 15.0. The Bertz CT molecular complexity index is 563. The van der Waals surface area contributed by atoms with E-state index in [9.17, 15) is 43.9 Å². The van der Waals surface area contributed by atoms with Gasteiger partial charge in [-0.1, -0.05) is 0 Å². The summed E-state index contributed by atoms with van der Waals surface area (Å²) >= 11 is 0. The number of ether oxygens (including phenoxy) is 1. The Morgan fingerprint density at radius 2 is 1.27 bits per heavy atom. The van der Waals surface area contributed by atoms with E-state index in [2.05, 4.69) is 4.74 Å². The molecular formula is C15H20F12N2O. The van der Waals surface area contributed by atoms with Crippen LogP contribution in [0.4, 0.5) is 53.0 Å². The molecule has 2 rings (SSSR count). The standard InChI is InChI=1S/C15H19F11N2O.FH/c1-27-4-6-28(7-5-27)11(17)12(18,15(24,25)26)8-2-3-9(29-8)13(19,20)10(16)14(21,22)23;/h8-11H,2-7H2,1H3;1H. The SMILES string of the molecule is CN1CCN(C(F)C(F)(C2CCC(C(F)(F)C(F)C(F)(F)F)O2)C(F)(F)F)CC1.F. The van der Waals surface area contributed by atoms with Crippen molar-refractivity contribution in [1.82, 2.24) is 9.80 Å². The van der Waals surface area contributed by atoms with Gasteiger partial charge in [0, 0.05) is 26.2 Å². The fraction of sp³-hybridized carbons (Fsp3) is 1.00. The van der Waals surface area contributed by atoms with Gasteiger partial charge in [-0.3, -0.25) is 9.60 Å². The third-order valence-corrected chi connectivity index (χ3v) is 5.18. The first-order valence-electron chi connectivity index (χ1n) is 8.59. The molecular weight excluding hydrogens is 452 g/mol. The van der Waals surface area contributed by atoms with Gasteiger partial charge in [-0.2, -0.15) is 26.3 Å². The first-order valence-corrected chi connectivity index (χ1v) is 8.59. The molecule has 15 heteroatoms. The molecule has 180 valence electrons. The number of rotatable bonds is 5. The van der Waals surface area contributed by atoms with Gasteiger partial charge in [-0.15, -0.1) is 0 Å². The molecule has 0 bridgehead atoms. The first kappa shape index (κ1) is 27.1. The van der Waals surface area contributed by atoms with Crippen molar-refractivity contribution in [2.75, 3.05) is 33.2 Å². The Kier molecular flexibility index (Phi) is 8.02. The summed E-state index contributed by atoms with van der Waals surface area (Å²) in [6.45, 7) is -0.385. The van der Waals surface area contributed by atoms with Crippen LogP contribution in [0.25, 0.3) is 0 Å². The maximum absolute atomic E-state index is 15.0. The molecule has 0 aliphatic carbocycles. The highest BCUT2D eigenvalue weighted by Crippen LogP contribution is 2.50. The molecule has 2 heterocycles. The van der Waals surface area contributed by atoms with Crippen LogP contribution in [-0.4, -0.2) is 91.6 Å². The van der Waals surface area contributed by atoms with Gasteiger partial charge in [-0.25, -0.2) is 22.0 Å². The van der Waals surface area contributed by atoms with Crippen molar-refractivity contribution in [3.63, 3.8) is 0 Å². The number of nitrogens with zero attached hydrogens (tertiary/aromatic N) is 2. The smallest absolute Gasteiger partial charge is 0.365 e. The molecule has 2 fully saturated rings. The van der Waals surface area contributed by atoms with E-state index in [-0.39, 0.29) is 30.9 Å². The molecule has 0 spiro atoms. The largest absolute Gasteiger partial charge is 0.429 e. The van der Waals surface area contributed by atoms with E-state index in [1.807, 2.05) is 0 Å². The van der Waals surface area contributed by atoms with Gasteiger partial charge in [0.2, 0.25) is 0 Å². The minimum Gasteiger partial charge on any atom is -0.365 e. The lowest BCUT2D eigenvalue weighted by Gasteiger charge is -2.42. The Labute approximate surface area is 163 Å². The van der Waals surface area contributed by atoms with E-state index in [0.29, 0.717) is 4.90 Å². The van der Waals surface area contributed by atoms with Crippen LogP contribution < -0.4 is 0 Å². The number of halogens is 12. The summed E-state index contributed by atoms with van der Waals surface area (Å²) in [5, 5.41) is 0. The van der Waals surface area contributed by atoms with Crippen LogP contribution in [0, 0.1) is 0 Å². The molecule has 30 heavy (non-hydrogen) atoms. The molecule has 2 aliphatic heterocycles. The molecule has 0 amide bonds. The van der Waals surface area contributed by atoms with Crippen LogP contribution in [0.15, 0.2) is 0 Å². The zero-order chi connectivity index (χ0) is 22.4. The van der Waals surface area contributed by atoms with E-state index in [1.54, 1.807) is 11.9 Å². The fourth-order valence-corrected chi connectivity index (χ4v) is 3.40. The Balaban J connectivity index is 0.00000450. The zero-order valence-corrected chi connectivity index (χ0v) is 15.4. The highest BCUT2D eigenvalue weighted by molar-refractivity contribution is 5.05. The zero-order valence-electron chi connectivity index (χ0n) is 15.4. The van der Waals surface area contributed by atoms with Crippen LogP contribution in [0.5, 0.6) is 0 Å². The minimum atomic E-state index is -6.01. The summed E-state index contributed by atoms with van der Waals surface area (Å²) in [4.78, 5) is 2.16. The lowest BCUT2D eigenvalue weighted by Crippen LogP contribution is -2.65. The fourth-order valence-electron chi connectivity index (χ4n) is 3.40. The predicted octanol–water partition coefficient (Wildman–Crippen LogP) is 4.04. The van der Waals surface area contributed by atoms with Crippen molar-refractivity contribution < 1.29 is 57.7 Å². The van der Waals surface area contributed by atoms with Crippen LogP contribution in [0.3, 0.4) is 0 Å². The molecule has 5 unspecified atom stereocenters. The second-order valence-electron chi connectivity index (χ2n) is 7.21. The second kappa shape index (κ2) is 8.88. The number of likely N-dealkylation sites (N-methyl/N-ethyl adjacent to an activating group) is 1. The van der Waals surface area contributed by atoms with Gasteiger partial charge >= 0.3 is 18.3 Å². The van der Waals surface area contributed by atoms with Gasteiger partial charge in [-0.05, 0) is 19.9 Å². The summed E-state index contributed by atoms with van der Waals surface area (Å²) in [5.41, 5.74) is -4.78. The van der Waals surface area contributed by atoms with Gasteiger partial charge < -0.3 is 9.64 Å². The molecule has 0 N–H and O–H groups in total. The Morgan fingerprint density at radius 1 is 0.800 bits per heavy atom. The van der Waals surface area contributed by atoms with Crippen molar-refractivity contribution in [3.05, 3.63) is 0 Å². The maximum Gasteiger partial charge on any atom is 0.429 e. The number of hydrogen-bond donors (Lipinski definition) is 0. The van der Waals surface area contributed by atoms with Crippen LogP contribution >= 0.6 is 0 Å². The van der Waals surface area contributed by atoms with Gasteiger partial charge in [0.05, 0.1) is 0 Å². The molecule has 0 aromatic carbocycles. The quantitative estimate of drug-likeness (QED) is 0.444. The summed E-state index contributed by atoms with van der Waals surface area (Å²) < 4.78 is 152. The average molecular weight is 472 g/mol. The summed E-state index contributed by atoms with van der Waals surface area (Å²) in [6, 6.07) is 0. The molecule has 3 nitrogen and oxygen atoms in total. The highest BCUT2D eigenvalue weighted by Gasteiger charge is 2.71. The molecule has 0 aromatic heterocycles. The predicted molar refractivity (Wildman–Crippen MR) is 80.2 cm³/mol. The van der Waals surface area contributed by atoms with Gasteiger partial charge in [0.1, 0.15) is 12.2 Å². The topological polar surface area (TPSA) is 15.7 Å². The molecule has 0 radical (unpaired) electrons. The second-order valence-corrected chi connectivity index (χ2v) is 7.21. The van der Waals surface area contributed by atoms with Crippen LogP contribution in [0.2, 0.25) is 0 Å². The lowest BCUT2D eigenvalue weighted by atomic mass is 9.92. The Hall–Kier alpha value is -0.960. The number of hydrogen-bond acceptors (Lipinski definition) is 3. The third kappa shape index (κ3) is 4.92. The Morgan fingerprint density at radius 3 is 1.70 bits per heavy atom. The van der Waals surface area contributed by atoms with Gasteiger partial charge in [0.25, 0.3) is 11.8 Å². The van der Waals surface area contributed by atoms with E-state index in [1.165, 1.54) is 0 Å². The average Bonchev–Trinajstić information content (AvgIpc) is 3.09. The van der Waals surface area contributed by atoms with E-state index < -0.39 is 61.5 Å². The minimum absolute atomic E-state index is 0. The highest BCUT2D eigenvalue weighted by atomic mass is 19.4. The van der Waals surface area contributed by atoms with Crippen molar-refractivity contribution in [2.24, 2.45) is 0 Å². The number of piperazine rings is 1. The normalized spacial score (nSPS) is 29.2. The van der Waals surface area contributed by atoms with Crippen molar-refractivity contribution >= 4 is 0 Å². The summed E-state index contributed by atoms with van der Waals surface area (Å²) in [6.07, 6.45) is -28.2. The monoisotopic (exact) mass is 472 g/mol. The first-order chi connectivity index (χ1) is 13.0. The van der Waals surface area contributed by atoms with Crippen molar-refractivity contribution in [3.8, 4) is 0 Å². The van der Waals surface area contributed by atoms with E-state index in [4.69, 9.17) is 0 Å². The number of alkyl halides is 11. The molecule has 0 aromatic rings. The molecule has 5 atom stereocenters. The van der Waals surface area contributed by atoms with Crippen LogP contribution in [0.1, 0.15) is 12.8 Å².